The van der Waals surface area contributed by atoms with Crippen LogP contribution in [0.3, 0.4) is 0 Å². The number of hydrogen-bond donors (Lipinski definition) is 2. The quantitative estimate of drug-likeness (QED) is 0.860. The van der Waals surface area contributed by atoms with Crippen LogP contribution in [0.5, 0.6) is 5.75 Å². The van der Waals surface area contributed by atoms with E-state index in [4.69, 9.17) is 22.1 Å². The molecular formula is C11H12ClN3O. The molecule has 0 aliphatic heterocycles. The maximum Gasteiger partial charge on any atom is 0.137 e. The van der Waals surface area contributed by atoms with Crippen molar-refractivity contribution in [3.8, 4) is 5.75 Å². The van der Waals surface area contributed by atoms with Crippen LogP contribution in [-0.4, -0.2) is 17.1 Å². The number of imidazole rings is 1. The molecule has 0 spiro atoms. The molecule has 0 saturated carbocycles. The van der Waals surface area contributed by atoms with E-state index in [1.165, 1.54) is 0 Å². The Morgan fingerprint density at radius 2 is 2.31 bits per heavy atom. The normalized spacial score (nSPS) is 12.4. The highest BCUT2D eigenvalue weighted by Gasteiger charge is 2.12. The number of nitrogens with zero attached hydrogens (tertiary/aromatic N) is 1. The Morgan fingerprint density at radius 3 is 2.88 bits per heavy atom. The van der Waals surface area contributed by atoms with Gasteiger partial charge in [-0.2, -0.15) is 0 Å². The number of rotatable bonds is 3. The van der Waals surface area contributed by atoms with E-state index >= 15 is 0 Å². The molecule has 1 aromatic carbocycles. The van der Waals surface area contributed by atoms with Crippen LogP contribution < -0.4 is 10.5 Å². The average molecular weight is 238 g/mol. The van der Waals surface area contributed by atoms with Gasteiger partial charge in [0.2, 0.25) is 0 Å². The molecule has 0 aliphatic carbocycles. The molecule has 0 fully saturated rings. The number of aromatic nitrogens is 2. The van der Waals surface area contributed by atoms with Gasteiger partial charge in [-0.1, -0.05) is 17.7 Å². The van der Waals surface area contributed by atoms with E-state index < -0.39 is 0 Å². The van der Waals surface area contributed by atoms with Crippen molar-refractivity contribution < 1.29 is 4.74 Å². The fraction of sp³-hybridized carbons (Fsp3) is 0.182. The van der Waals surface area contributed by atoms with Crippen LogP contribution >= 0.6 is 11.6 Å². The first-order valence-corrected chi connectivity index (χ1v) is 5.18. The fourth-order valence-corrected chi connectivity index (χ4v) is 1.75. The molecule has 0 saturated heterocycles. The molecule has 84 valence electrons. The average Bonchev–Trinajstić information content (AvgIpc) is 2.81. The molecule has 0 aliphatic rings. The van der Waals surface area contributed by atoms with E-state index in [1.54, 1.807) is 31.6 Å². The third-order valence-electron chi connectivity index (χ3n) is 2.35. The summed E-state index contributed by atoms with van der Waals surface area (Å²) >= 11 is 6.02. The first kappa shape index (κ1) is 11.0. The van der Waals surface area contributed by atoms with E-state index in [9.17, 15) is 0 Å². The Bertz CT molecular complexity index is 470. The second kappa shape index (κ2) is 4.55. The molecule has 1 atom stereocenters. The van der Waals surface area contributed by atoms with E-state index in [0.29, 0.717) is 16.6 Å². The zero-order chi connectivity index (χ0) is 11.5. The second-order valence-electron chi connectivity index (χ2n) is 3.35. The molecule has 2 rings (SSSR count). The molecule has 2 aromatic rings. The lowest BCUT2D eigenvalue weighted by molar-refractivity contribution is 0.415. The van der Waals surface area contributed by atoms with Crippen LogP contribution in [0, 0.1) is 0 Å². The summed E-state index contributed by atoms with van der Waals surface area (Å²) in [4.78, 5) is 7.08. The largest absolute Gasteiger partial charge is 0.495 e. The van der Waals surface area contributed by atoms with Crippen LogP contribution in [-0.2, 0) is 0 Å². The van der Waals surface area contributed by atoms with Crippen molar-refractivity contribution in [2.75, 3.05) is 7.11 Å². The third-order valence-corrected chi connectivity index (χ3v) is 2.64. The number of methoxy groups -OCH3 is 1. The molecule has 0 amide bonds. The van der Waals surface area contributed by atoms with E-state index in [1.807, 2.05) is 6.07 Å². The Balaban J connectivity index is 2.31. The summed E-state index contributed by atoms with van der Waals surface area (Å²) in [5, 5.41) is 0.544. The first-order valence-electron chi connectivity index (χ1n) is 4.80. The minimum absolute atomic E-state index is 0.307. The summed E-state index contributed by atoms with van der Waals surface area (Å²) < 4.78 is 5.07. The van der Waals surface area contributed by atoms with Gasteiger partial charge in [0.1, 0.15) is 11.6 Å². The molecule has 16 heavy (non-hydrogen) atoms. The van der Waals surface area contributed by atoms with Gasteiger partial charge in [-0.25, -0.2) is 4.98 Å². The van der Waals surface area contributed by atoms with Crippen LogP contribution in [0.1, 0.15) is 17.4 Å². The van der Waals surface area contributed by atoms with Gasteiger partial charge >= 0.3 is 0 Å². The molecule has 3 N–H and O–H groups in total. The maximum atomic E-state index is 6.03. The molecule has 1 heterocycles. The summed E-state index contributed by atoms with van der Waals surface area (Å²) in [6.07, 6.45) is 3.40. The zero-order valence-corrected chi connectivity index (χ0v) is 9.53. The van der Waals surface area contributed by atoms with Crippen LogP contribution in [0.15, 0.2) is 30.6 Å². The number of ether oxygens (including phenoxy) is 1. The molecule has 0 bridgehead atoms. The second-order valence-corrected chi connectivity index (χ2v) is 3.75. The molecule has 1 aromatic heterocycles. The van der Waals surface area contributed by atoms with Crippen LogP contribution in [0.2, 0.25) is 5.02 Å². The molecular weight excluding hydrogens is 226 g/mol. The maximum absolute atomic E-state index is 6.03. The number of aromatic amines is 1. The van der Waals surface area contributed by atoms with Crippen molar-refractivity contribution >= 4 is 11.6 Å². The Kier molecular flexibility index (Phi) is 3.12. The number of benzene rings is 1. The van der Waals surface area contributed by atoms with Crippen molar-refractivity contribution in [3.63, 3.8) is 0 Å². The molecule has 1 unspecified atom stereocenters. The highest BCUT2D eigenvalue weighted by atomic mass is 35.5. The fourth-order valence-electron chi connectivity index (χ4n) is 1.48. The Labute approximate surface area is 98.4 Å². The van der Waals surface area contributed by atoms with Gasteiger partial charge in [0.15, 0.2) is 0 Å². The van der Waals surface area contributed by atoms with Gasteiger partial charge in [0.05, 0.1) is 18.2 Å². The Hall–Kier alpha value is -1.52. The van der Waals surface area contributed by atoms with Crippen molar-refractivity contribution in [3.05, 3.63) is 47.0 Å². The summed E-state index contributed by atoms with van der Waals surface area (Å²) in [6.45, 7) is 0. The van der Waals surface area contributed by atoms with Crippen molar-refractivity contribution in [2.24, 2.45) is 5.73 Å². The lowest BCUT2D eigenvalue weighted by atomic mass is 10.1. The van der Waals surface area contributed by atoms with Crippen molar-refractivity contribution in [2.45, 2.75) is 6.04 Å². The SMILES string of the molecule is COc1ccc(C(N)c2ncc[nH]2)cc1Cl. The number of nitrogens with one attached hydrogen (secondary N) is 1. The summed E-state index contributed by atoms with van der Waals surface area (Å²) in [7, 11) is 1.58. The smallest absolute Gasteiger partial charge is 0.137 e. The summed E-state index contributed by atoms with van der Waals surface area (Å²) in [6, 6.07) is 5.14. The monoisotopic (exact) mass is 237 g/mol. The molecule has 4 nitrogen and oxygen atoms in total. The highest BCUT2D eigenvalue weighted by molar-refractivity contribution is 6.32. The third kappa shape index (κ3) is 2.03. The van der Waals surface area contributed by atoms with Crippen molar-refractivity contribution in [1.82, 2.24) is 9.97 Å². The number of hydrogen-bond acceptors (Lipinski definition) is 3. The summed E-state index contributed by atoms with van der Waals surface area (Å²) in [5.41, 5.74) is 6.92. The predicted octanol–water partition coefficient (Wildman–Crippen LogP) is 2.12. The van der Waals surface area contributed by atoms with Crippen LogP contribution in [0.4, 0.5) is 0 Å². The summed E-state index contributed by atoms with van der Waals surface area (Å²) in [5.74, 6) is 1.35. The minimum Gasteiger partial charge on any atom is -0.495 e. The van der Waals surface area contributed by atoms with Gasteiger partial charge in [-0.15, -0.1) is 0 Å². The molecule has 5 heteroatoms. The lowest BCUT2D eigenvalue weighted by Crippen LogP contribution is -2.13. The van der Waals surface area contributed by atoms with E-state index in [2.05, 4.69) is 9.97 Å². The number of H-pyrrole nitrogens is 1. The Morgan fingerprint density at radius 1 is 1.50 bits per heavy atom. The topological polar surface area (TPSA) is 63.9 Å². The number of halogens is 1. The first-order chi connectivity index (χ1) is 7.72. The van der Waals surface area contributed by atoms with Gasteiger partial charge in [-0.3, -0.25) is 0 Å². The van der Waals surface area contributed by atoms with Crippen LogP contribution in [0.25, 0.3) is 0 Å². The van der Waals surface area contributed by atoms with Gasteiger partial charge in [0, 0.05) is 12.4 Å². The molecule has 0 radical (unpaired) electrons. The predicted molar refractivity (Wildman–Crippen MR) is 62.6 cm³/mol. The lowest BCUT2D eigenvalue weighted by Gasteiger charge is -2.11. The van der Waals surface area contributed by atoms with Gasteiger partial charge < -0.3 is 15.5 Å². The van der Waals surface area contributed by atoms with Gasteiger partial charge in [0.25, 0.3) is 0 Å². The highest BCUT2D eigenvalue weighted by Crippen LogP contribution is 2.28. The standard InChI is InChI=1S/C11H12ClN3O/c1-16-9-3-2-7(6-8(9)12)10(13)11-14-4-5-15-11/h2-6,10H,13H2,1H3,(H,14,15). The zero-order valence-electron chi connectivity index (χ0n) is 8.77. The van der Waals surface area contributed by atoms with E-state index in [-0.39, 0.29) is 6.04 Å². The number of nitrogens with two attached hydrogens (primary N) is 1. The minimum atomic E-state index is -0.307. The van der Waals surface area contributed by atoms with Crippen molar-refractivity contribution in [1.29, 1.82) is 0 Å². The van der Waals surface area contributed by atoms with E-state index in [0.717, 1.165) is 5.56 Å². The van der Waals surface area contributed by atoms with Gasteiger partial charge in [-0.05, 0) is 17.7 Å².